The Balaban J connectivity index is 2.13. The zero-order valence-corrected chi connectivity index (χ0v) is 17.3. The van der Waals surface area contributed by atoms with Crippen LogP contribution in [-0.4, -0.2) is 52.0 Å². The number of aliphatic hydroxyl groups is 2. The van der Waals surface area contributed by atoms with Gasteiger partial charge in [-0.25, -0.2) is 18.5 Å². The molecular weight excluding hydrogens is 481 g/mol. The van der Waals surface area contributed by atoms with Gasteiger partial charge in [-0.05, 0) is 0 Å². The number of hydrogen-bond donors (Lipinski definition) is 7. The predicted octanol–water partition coefficient (Wildman–Crippen LogP) is -1.38. The molecule has 1 aromatic rings. The fraction of sp³-hybridized carbons (Fsp3) is 0.400. The van der Waals surface area contributed by atoms with Gasteiger partial charge in [-0.15, -0.1) is 0 Å². The first-order chi connectivity index (χ1) is 13.5. The number of aromatic amines is 1. The second-order valence-corrected chi connectivity index (χ2v) is 10.0. The van der Waals surface area contributed by atoms with Gasteiger partial charge in [0.25, 0.3) is 5.56 Å². The minimum atomic E-state index is -5.75. The average molecular weight is 496 g/mol. The Hall–Kier alpha value is -1.61. The van der Waals surface area contributed by atoms with E-state index < -0.39 is 65.1 Å². The monoisotopic (exact) mass is 496 g/mol. The van der Waals surface area contributed by atoms with Crippen molar-refractivity contribution in [3.63, 3.8) is 0 Å². The lowest BCUT2D eigenvalue weighted by molar-refractivity contribution is 0.0307. The molecule has 1 aliphatic heterocycles. The molecule has 0 aliphatic carbocycles. The number of rotatable bonds is 8. The minimum absolute atomic E-state index is 0.301. The summed E-state index contributed by atoms with van der Waals surface area (Å²) in [6, 6.07) is 0. The van der Waals surface area contributed by atoms with E-state index in [1.807, 2.05) is 4.98 Å². The number of aromatic nitrogens is 2. The van der Waals surface area contributed by atoms with Crippen molar-refractivity contribution >= 4 is 23.5 Å². The molecule has 0 aromatic carbocycles. The number of hydrogen-bond acceptors (Lipinski definition) is 11. The Morgan fingerprint density at radius 2 is 1.73 bits per heavy atom. The molecule has 170 valence electrons. The molecule has 0 amide bonds. The highest BCUT2D eigenvalue weighted by molar-refractivity contribution is 7.66. The molecule has 1 aromatic heterocycles. The summed E-state index contributed by atoms with van der Waals surface area (Å²) < 4.78 is 50.8. The lowest BCUT2D eigenvalue weighted by Gasteiger charge is -2.17. The van der Waals surface area contributed by atoms with Crippen molar-refractivity contribution in [3.8, 4) is 0 Å². The average Bonchev–Trinajstić information content (AvgIpc) is 2.81. The van der Waals surface area contributed by atoms with Gasteiger partial charge in [0, 0.05) is 13.2 Å². The lowest BCUT2D eigenvalue weighted by atomic mass is 10.1. The summed E-state index contributed by atoms with van der Waals surface area (Å²) in [5.74, 6) is -1.63. The van der Waals surface area contributed by atoms with Gasteiger partial charge in [0.15, 0.2) is 23.7 Å². The largest absolute Gasteiger partial charge is 0.506 e. The first-order valence-corrected chi connectivity index (χ1v) is 11.9. The van der Waals surface area contributed by atoms with Crippen LogP contribution in [0.15, 0.2) is 27.3 Å². The molecule has 2 heterocycles. The lowest BCUT2D eigenvalue weighted by Crippen LogP contribution is -2.33. The van der Waals surface area contributed by atoms with Crippen LogP contribution in [0.25, 0.3) is 0 Å². The zero-order chi connectivity index (χ0) is 23.1. The van der Waals surface area contributed by atoms with E-state index in [9.17, 15) is 38.4 Å². The molecular formula is C10H15N2O15P3. The van der Waals surface area contributed by atoms with Gasteiger partial charge in [-0.1, -0.05) is 0 Å². The SMILES string of the molecule is Cn1cc([C@@H]2OC(COP(=O)(O)OP(=O)(O)OP(=O)(O)O)=C(O)C2O)c(=O)[nH]c1=O. The third-order valence-electron chi connectivity index (χ3n) is 3.34. The number of nitrogens with zero attached hydrogens (tertiary/aromatic N) is 1. The van der Waals surface area contributed by atoms with Crippen LogP contribution < -0.4 is 11.2 Å². The van der Waals surface area contributed by atoms with Gasteiger partial charge in [0.1, 0.15) is 6.61 Å². The molecule has 0 saturated heterocycles. The van der Waals surface area contributed by atoms with Crippen molar-refractivity contribution in [2.24, 2.45) is 7.05 Å². The molecule has 1 aliphatic rings. The molecule has 20 heteroatoms. The first kappa shape index (κ1) is 24.7. The van der Waals surface area contributed by atoms with Gasteiger partial charge in [0.05, 0.1) is 5.56 Å². The molecule has 3 unspecified atom stereocenters. The molecule has 7 N–H and O–H groups in total. The summed E-state index contributed by atoms with van der Waals surface area (Å²) >= 11 is 0. The summed E-state index contributed by atoms with van der Waals surface area (Å²) in [4.78, 5) is 60.5. The van der Waals surface area contributed by atoms with Crippen molar-refractivity contribution in [1.29, 1.82) is 0 Å². The van der Waals surface area contributed by atoms with Crippen LogP contribution in [0.5, 0.6) is 0 Å². The van der Waals surface area contributed by atoms with Crippen LogP contribution in [0.2, 0.25) is 0 Å². The van der Waals surface area contributed by atoms with E-state index >= 15 is 0 Å². The molecule has 0 spiro atoms. The second kappa shape index (κ2) is 8.49. The zero-order valence-electron chi connectivity index (χ0n) is 14.6. The quantitative estimate of drug-likeness (QED) is 0.204. The Morgan fingerprint density at radius 1 is 1.13 bits per heavy atom. The summed E-state index contributed by atoms with van der Waals surface area (Å²) in [6.45, 7) is -1.16. The van der Waals surface area contributed by atoms with Crippen LogP contribution in [0.4, 0.5) is 0 Å². The van der Waals surface area contributed by atoms with Crippen LogP contribution in [0.3, 0.4) is 0 Å². The van der Waals surface area contributed by atoms with Crippen LogP contribution in [-0.2, 0) is 38.6 Å². The Bertz CT molecular complexity index is 1110. The maximum atomic E-state index is 11.9. The third kappa shape index (κ3) is 6.20. The van der Waals surface area contributed by atoms with Gasteiger partial charge in [-0.2, -0.15) is 8.62 Å². The van der Waals surface area contributed by atoms with E-state index in [1.54, 1.807) is 0 Å². The molecule has 0 radical (unpaired) electrons. The smallest absolute Gasteiger partial charge is 0.490 e. The van der Waals surface area contributed by atoms with E-state index in [0.29, 0.717) is 0 Å². The molecule has 0 fully saturated rings. The summed E-state index contributed by atoms with van der Waals surface area (Å²) in [5, 5.41) is 19.9. The second-order valence-electron chi connectivity index (χ2n) is 5.61. The maximum Gasteiger partial charge on any atom is 0.490 e. The number of aryl methyl sites for hydroxylation is 1. The molecule has 2 rings (SSSR count). The molecule has 0 bridgehead atoms. The van der Waals surface area contributed by atoms with Gasteiger partial charge < -0.3 is 39.1 Å². The van der Waals surface area contributed by atoms with Crippen molar-refractivity contribution in [3.05, 3.63) is 44.1 Å². The Labute approximate surface area is 165 Å². The predicted molar refractivity (Wildman–Crippen MR) is 91.6 cm³/mol. The molecule has 0 saturated carbocycles. The number of aliphatic hydroxyl groups excluding tert-OH is 2. The highest BCUT2D eigenvalue weighted by atomic mass is 31.3. The molecule has 17 nitrogen and oxygen atoms in total. The number of nitrogens with one attached hydrogen (secondary N) is 1. The van der Waals surface area contributed by atoms with Crippen LogP contribution >= 0.6 is 23.5 Å². The summed E-state index contributed by atoms with van der Waals surface area (Å²) in [5.41, 5.74) is -2.03. The fourth-order valence-corrected chi connectivity index (χ4v) is 5.13. The fourth-order valence-electron chi connectivity index (χ4n) is 2.16. The van der Waals surface area contributed by atoms with Crippen molar-refractivity contribution in [1.82, 2.24) is 9.55 Å². The number of phosphoric acid groups is 3. The van der Waals surface area contributed by atoms with E-state index in [2.05, 4.69) is 13.1 Å². The summed E-state index contributed by atoms with van der Waals surface area (Å²) in [7, 11) is -15.6. The van der Waals surface area contributed by atoms with E-state index in [1.165, 1.54) is 7.05 Å². The van der Waals surface area contributed by atoms with E-state index in [4.69, 9.17) is 19.4 Å². The topological polar surface area (TPSA) is 264 Å². The number of H-pyrrole nitrogens is 1. The normalized spacial score (nSPS) is 23.7. The van der Waals surface area contributed by atoms with Crippen molar-refractivity contribution in [2.45, 2.75) is 12.2 Å². The van der Waals surface area contributed by atoms with Gasteiger partial charge in [-0.3, -0.25) is 14.3 Å². The first-order valence-electron chi connectivity index (χ1n) is 7.36. The van der Waals surface area contributed by atoms with E-state index in [0.717, 1.165) is 10.8 Å². The number of phosphoric ester groups is 1. The number of ether oxygens (including phenoxy) is 1. The van der Waals surface area contributed by atoms with Gasteiger partial charge >= 0.3 is 29.2 Å². The van der Waals surface area contributed by atoms with Crippen molar-refractivity contribution in [2.75, 3.05) is 6.61 Å². The standard InChI is InChI=1S/C10H15N2O15P3/c1-12-2-4(9(15)11-10(12)16)8-7(14)6(13)5(25-8)3-24-29(20,21)27-30(22,23)26-28(17,18)19/h2,7-8,13-14H,3H2,1H3,(H,20,21)(H,22,23)(H,11,15,16)(H2,17,18,19)/t7?,8-/m0/s1. The molecule has 30 heavy (non-hydrogen) atoms. The highest BCUT2D eigenvalue weighted by Gasteiger charge is 2.43. The van der Waals surface area contributed by atoms with Gasteiger partial charge in [0.2, 0.25) is 0 Å². The van der Waals surface area contributed by atoms with Crippen molar-refractivity contribution < 1.29 is 61.4 Å². The van der Waals surface area contributed by atoms with Crippen LogP contribution in [0.1, 0.15) is 11.7 Å². The minimum Gasteiger partial charge on any atom is -0.506 e. The van der Waals surface area contributed by atoms with E-state index in [-0.39, 0.29) is 5.56 Å². The van der Waals surface area contributed by atoms with Crippen LogP contribution in [0, 0.1) is 0 Å². The highest BCUT2D eigenvalue weighted by Crippen LogP contribution is 2.66. The Morgan fingerprint density at radius 3 is 2.30 bits per heavy atom. The maximum absolute atomic E-state index is 11.9. The summed E-state index contributed by atoms with van der Waals surface area (Å²) in [6.07, 6.45) is -2.41. The third-order valence-corrected chi connectivity index (χ3v) is 7.12. The molecule has 4 atom stereocenters. The Kier molecular flexibility index (Phi) is 6.98.